The Labute approximate surface area is 141 Å². The Bertz CT molecular complexity index is 661. The van der Waals surface area contributed by atoms with Crippen molar-refractivity contribution in [3.05, 3.63) is 67.2 Å². The second-order valence-corrected chi connectivity index (χ2v) is 6.24. The summed E-state index contributed by atoms with van der Waals surface area (Å²) in [5.41, 5.74) is 2.68. The van der Waals surface area contributed by atoms with Crippen LogP contribution in [0.3, 0.4) is 0 Å². The average molecular weight is 422 g/mol. The van der Waals surface area contributed by atoms with Gasteiger partial charge < -0.3 is 5.32 Å². The van der Waals surface area contributed by atoms with Crippen molar-refractivity contribution in [2.24, 2.45) is 0 Å². The Balaban J connectivity index is 2.59. The molecular weight excluding hydrogens is 407 g/mol. The van der Waals surface area contributed by atoms with Gasteiger partial charge in [0.15, 0.2) is 11.6 Å². The molecule has 0 aromatic heterocycles. The molecule has 0 aliphatic heterocycles. The molecule has 0 bridgehead atoms. The molecule has 1 N–H and O–H groups in total. The van der Waals surface area contributed by atoms with E-state index in [9.17, 15) is 8.78 Å². The topological polar surface area (TPSA) is 12.0 Å². The van der Waals surface area contributed by atoms with E-state index in [2.05, 4.69) is 27.9 Å². The van der Waals surface area contributed by atoms with Gasteiger partial charge in [0.25, 0.3) is 0 Å². The van der Waals surface area contributed by atoms with E-state index in [0.29, 0.717) is 12.1 Å². The van der Waals surface area contributed by atoms with Crippen LogP contribution >= 0.6 is 34.2 Å². The van der Waals surface area contributed by atoms with Crippen molar-refractivity contribution in [2.45, 2.75) is 19.9 Å². The fourth-order valence-corrected chi connectivity index (χ4v) is 3.17. The molecule has 1 atom stereocenters. The summed E-state index contributed by atoms with van der Waals surface area (Å²) in [6, 6.07) is 7.86. The van der Waals surface area contributed by atoms with Gasteiger partial charge in [-0.05, 0) is 64.9 Å². The van der Waals surface area contributed by atoms with Gasteiger partial charge in [0.05, 0.1) is 6.04 Å². The first kappa shape index (κ1) is 16.6. The molecule has 5 heteroatoms. The van der Waals surface area contributed by atoms with Gasteiger partial charge in [0.1, 0.15) is 0 Å². The number of hydrogen-bond acceptors (Lipinski definition) is 1. The molecule has 0 aliphatic rings. The highest BCUT2D eigenvalue weighted by Gasteiger charge is 2.21. The van der Waals surface area contributed by atoms with Crippen LogP contribution in [0.15, 0.2) is 30.3 Å². The zero-order valence-corrected chi connectivity index (χ0v) is 14.6. The second-order valence-electron chi connectivity index (χ2n) is 4.76. The van der Waals surface area contributed by atoms with E-state index in [4.69, 9.17) is 11.6 Å². The monoisotopic (exact) mass is 421 g/mol. The maximum atomic E-state index is 13.6. The minimum absolute atomic E-state index is 0.220. The Morgan fingerprint density at radius 2 is 1.86 bits per heavy atom. The Morgan fingerprint density at radius 3 is 2.52 bits per heavy atom. The van der Waals surface area contributed by atoms with Gasteiger partial charge in [0, 0.05) is 8.59 Å². The Morgan fingerprint density at radius 1 is 1.19 bits per heavy atom. The van der Waals surface area contributed by atoms with Gasteiger partial charge in [-0.25, -0.2) is 8.78 Å². The lowest BCUT2D eigenvalue weighted by Gasteiger charge is -2.22. The number of aryl methyl sites for hydroxylation is 1. The lowest BCUT2D eigenvalue weighted by molar-refractivity contribution is 0.504. The first-order valence-electron chi connectivity index (χ1n) is 6.58. The van der Waals surface area contributed by atoms with E-state index in [-0.39, 0.29) is 11.1 Å². The fourth-order valence-electron chi connectivity index (χ4n) is 2.24. The summed E-state index contributed by atoms with van der Waals surface area (Å²) in [6.45, 7) is 4.66. The molecule has 0 fully saturated rings. The van der Waals surface area contributed by atoms with Gasteiger partial charge in [0.2, 0.25) is 0 Å². The van der Waals surface area contributed by atoms with Crippen LogP contribution in [0.25, 0.3) is 0 Å². The second kappa shape index (κ2) is 7.03. The van der Waals surface area contributed by atoms with Gasteiger partial charge in [-0.1, -0.05) is 36.7 Å². The van der Waals surface area contributed by atoms with Crippen molar-refractivity contribution in [3.8, 4) is 0 Å². The van der Waals surface area contributed by atoms with Gasteiger partial charge in [-0.15, -0.1) is 0 Å². The van der Waals surface area contributed by atoms with E-state index < -0.39 is 11.6 Å². The first-order valence-corrected chi connectivity index (χ1v) is 8.04. The largest absolute Gasteiger partial charge is 0.306 e. The van der Waals surface area contributed by atoms with Crippen LogP contribution < -0.4 is 5.32 Å². The Hall–Kier alpha value is -0.720. The molecule has 1 unspecified atom stereocenters. The minimum Gasteiger partial charge on any atom is -0.306 e. The third-order valence-corrected chi connectivity index (χ3v) is 5.09. The lowest BCUT2D eigenvalue weighted by atomic mass is 9.97. The molecule has 0 saturated carbocycles. The van der Waals surface area contributed by atoms with Gasteiger partial charge >= 0.3 is 0 Å². The standard InChI is InChI=1S/C16H15ClF2IN/c1-3-21-16(10-6-4-5-9(2)15(10)20)11-7-13(18)14(19)8-12(11)17/h4-8,16,21H,3H2,1-2H3. The van der Waals surface area contributed by atoms with Gasteiger partial charge in [-0.2, -0.15) is 0 Å². The molecule has 1 nitrogen and oxygen atoms in total. The number of hydrogen-bond donors (Lipinski definition) is 1. The third kappa shape index (κ3) is 3.55. The highest BCUT2D eigenvalue weighted by molar-refractivity contribution is 14.1. The zero-order valence-electron chi connectivity index (χ0n) is 11.7. The van der Waals surface area contributed by atoms with Crippen LogP contribution in [-0.2, 0) is 0 Å². The van der Waals surface area contributed by atoms with Crippen LogP contribution in [0.2, 0.25) is 5.02 Å². The van der Waals surface area contributed by atoms with Crippen LogP contribution in [-0.4, -0.2) is 6.54 Å². The molecule has 0 saturated heterocycles. The highest BCUT2D eigenvalue weighted by atomic mass is 127. The summed E-state index contributed by atoms with van der Waals surface area (Å²) in [4.78, 5) is 0. The average Bonchev–Trinajstić information content (AvgIpc) is 2.44. The summed E-state index contributed by atoms with van der Waals surface area (Å²) < 4.78 is 28.0. The van der Waals surface area contributed by atoms with E-state index in [1.54, 1.807) is 0 Å². The number of benzene rings is 2. The van der Waals surface area contributed by atoms with E-state index in [1.165, 1.54) is 6.07 Å². The van der Waals surface area contributed by atoms with Crippen LogP contribution in [0.4, 0.5) is 8.78 Å². The fraction of sp³-hybridized carbons (Fsp3) is 0.250. The van der Waals surface area contributed by atoms with E-state index >= 15 is 0 Å². The molecule has 0 radical (unpaired) electrons. The molecule has 21 heavy (non-hydrogen) atoms. The lowest BCUT2D eigenvalue weighted by Crippen LogP contribution is -2.23. The summed E-state index contributed by atoms with van der Waals surface area (Å²) in [6.07, 6.45) is 0. The SMILES string of the molecule is CCNC(c1cc(F)c(F)cc1Cl)c1cccc(C)c1I. The molecule has 0 heterocycles. The predicted octanol–water partition coefficient (Wildman–Crippen LogP) is 5.23. The van der Waals surface area contributed by atoms with Crippen molar-refractivity contribution in [1.82, 2.24) is 5.32 Å². The highest BCUT2D eigenvalue weighted by Crippen LogP contribution is 2.33. The minimum atomic E-state index is -0.932. The van der Waals surface area contributed by atoms with Crippen molar-refractivity contribution in [3.63, 3.8) is 0 Å². The Kier molecular flexibility index (Phi) is 5.57. The van der Waals surface area contributed by atoms with Crippen molar-refractivity contribution in [2.75, 3.05) is 6.54 Å². The molecule has 2 aromatic carbocycles. The van der Waals surface area contributed by atoms with Crippen molar-refractivity contribution < 1.29 is 8.78 Å². The third-order valence-electron chi connectivity index (χ3n) is 3.29. The van der Waals surface area contributed by atoms with Gasteiger partial charge in [-0.3, -0.25) is 0 Å². The number of rotatable bonds is 4. The van der Waals surface area contributed by atoms with Crippen molar-refractivity contribution >= 4 is 34.2 Å². The summed E-state index contributed by atoms with van der Waals surface area (Å²) >= 11 is 8.39. The zero-order chi connectivity index (χ0) is 15.6. The molecular formula is C16H15ClF2IN. The maximum Gasteiger partial charge on any atom is 0.160 e. The number of halogens is 4. The normalized spacial score (nSPS) is 12.5. The van der Waals surface area contributed by atoms with E-state index in [1.807, 2.05) is 32.0 Å². The smallest absolute Gasteiger partial charge is 0.160 e. The van der Waals surface area contributed by atoms with Crippen LogP contribution in [0.1, 0.15) is 29.7 Å². The number of nitrogens with one attached hydrogen (secondary N) is 1. The molecule has 0 spiro atoms. The summed E-state index contributed by atoms with van der Waals surface area (Å²) in [7, 11) is 0. The molecule has 2 aromatic rings. The maximum absolute atomic E-state index is 13.6. The van der Waals surface area contributed by atoms with E-state index in [0.717, 1.165) is 20.8 Å². The molecule has 0 amide bonds. The predicted molar refractivity (Wildman–Crippen MR) is 90.8 cm³/mol. The molecule has 2 rings (SSSR count). The summed E-state index contributed by atoms with van der Waals surface area (Å²) in [5, 5.41) is 3.51. The summed E-state index contributed by atoms with van der Waals surface area (Å²) in [5.74, 6) is -1.82. The quantitative estimate of drug-likeness (QED) is 0.526. The van der Waals surface area contributed by atoms with Crippen molar-refractivity contribution in [1.29, 1.82) is 0 Å². The first-order chi connectivity index (χ1) is 9.95. The molecule has 112 valence electrons. The molecule has 0 aliphatic carbocycles. The van der Waals surface area contributed by atoms with Crippen LogP contribution in [0, 0.1) is 22.1 Å². The van der Waals surface area contributed by atoms with Crippen LogP contribution in [0.5, 0.6) is 0 Å².